The second kappa shape index (κ2) is 7.87. The highest BCUT2D eigenvalue weighted by molar-refractivity contribution is 7.11. The zero-order valence-electron chi connectivity index (χ0n) is 12.4. The minimum atomic E-state index is 0.675. The van der Waals surface area contributed by atoms with Gasteiger partial charge < -0.3 is 10.2 Å². The van der Waals surface area contributed by atoms with Gasteiger partial charge in [0.2, 0.25) is 0 Å². The van der Waals surface area contributed by atoms with Crippen LogP contribution < -0.4 is 5.32 Å². The van der Waals surface area contributed by atoms with Crippen LogP contribution in [0.2, 0.25) is 0 Å². The van der Waals surface area contributed by atoms with E-state index in [0.29, 0.717) is 5.92 Å². The fourth-order valence-corrected chi connectivity index (χ4v) is 2.84. The molecule has 1 heterocycles. The second-order valence-corrected chi connectivity index (χ2v) is 6.58. The summed E-state index contributed by atoms with van der Waals surface area (Å²) in [6, 6.07) is 0. The summed E-state index contributed by atoms with van der Waals surface area (Å²) < 4.78 is 0. The molecule has 0 spiro atoms. The van der Waals surface area contributed by atoms with Gasteiger partial charge in [0.05, 0.1) is 10.7 Å². The summed E-state index contributed by atoms with van der Waals surface area (Å²) in [5.74, 6) is 0.675. The Morgan fingerprint density at radius 3 is 2.61 bits per heavy atom. The standard InChI is InChI=1S/C14H27N3S/c1-6-15-10-13-12(9-11(2)3)16-14(18-13)7-8-17(4)5/h11,15H,6-10H2,1-5H3. The number of nitrogens with one attached hydrogen (secondary N) is 1. The molecule has 0 radical (unpaired) electrons. The largest absolute Gasteiger partial charge is 0.312 e. The predicted octanol–water partition coefficient (Wildman–Crippen LogP) is 2.56. The van der Waals surface area contributed by atoms with E-state index in [1.807, 2.05) is 11.3 Å². The first kappa shape index (κ1) is 15.6. The van der Waals surface area contributed by atoms with E-state index in [0.717, 1.165) is 32.5 Å². The quantitative estimate of drug-likeness (QED) is 0.786. The Bertz CT molecular complexity index is 345. The molecule has 0 aliphatic rings. The SMILES string of the molecule is CCNCc1sc(CCN(C)C)nc1CC(C)C. The van der Waals surface area contributed by atoms with Gasteiger partial charge in [0, 0.05) is 24.4 Å². The summed E-state index contributed by atoms with van der Waals surface area (Å²) in [5, 5.41) is 4.70. The van der Waals surface area contributed by atoms with Crippen molar-refractivity contribution in [2.45, 2.75) is 40.2 Å². The van der Waals surface area contributed by atoms with Crippen LogP contribution in [-0.4, -0.2) is 37.1 Å². The number of hydrogen-bond donors (Lipinski definition) is 1. The van der Waals surface area contributed by atoms with Crippen LogP contribution in [0.3, 0.4) is 0 Å². The Morgan fingerprint density at radius 2 is 2.06 bits per heavy atom. The van der Waals surface area contributed by atoms with Crippen molar-refractivity contribution < 1.29 is 0 Å². The van der Waals surface area contributed by atoms with Crippen molar-refractivity contribution in [3.63, 3.8) is 0 Å². The Kier molecular flexibility index (Phi) is 6.82. The van der Waals surface area contributed by atoms with Gasteiger partial charge >= 0.3 is 0 Å². The second-order valence-electron chi connectivity index (χ2n) is 5.41. The average Bonchev–Trinajstić information content (AvgIpc) is 2.65. The van der Waals surface area contributed by atoms with Crippen molar-refractivity contribution in [3.05, 3.63) is 15.6 Å². The summed E-state index contributed by atoms with van der Waals surface area (Å²) in [6.45, 7) is 9.74. The lowest BCUT2D eigenvalue weighted by atomic mass is 10.1. The number of aromatic nitrogens is 1. The Balaban J connectivity index is 2.71. The van der Waals surface area contributed by atoms with E-state index >= 15 is 0 Å². The molecular formula is C14H27N3S. The molecule has 0 aromatic carbocycles. The highest BCUT2D eigenvalue weighted by Gasteiger charge is 2.12. The van der Waals surface area contributed by atoms with E-state index in [9.17, 15) is 0 Å². The van der Waals surface area contributed by atoms with Crippen molar-refractivity contribution in [1.29, 1.82) is 0 Å². The maximum Gasteiger partial charge on any atom is 0.0944 e. The number of thiazole rings is 1. The van der Waals surface area contributed by atoms with Gasteiger partial charge in [-0.05, 0) is 33.0 Å². The highest BCUT2D eigenvalue weighted by Crippen LogP contribution is 2.22. The molecule has 0 amide bonds. The third-order valence-corrected chi connectivity index (χ3v) is 3.89. The normalized spacial score (nSPS) is 11.7. The first-order chi connectivity index (χ1) is 8.52. The van der Waals surface area contributed by atoms with E-state index in [-0.39, 0.29) is 0 Å². The first-order valence-electron chi connectivity index (χ1n) is 6.85. The predicted molar refractivity (Wildman–Crippen MR) is 80.3 cm³/mol. The molecule has 0 unspecified atom stereocenters. The maximum atomic E-state index is 4.83. The van der Waals surface area contributed by atoms with Crippen LogP contribution >= 0.6 is 11.3 Å². The van der Waals surface area contributed by atoms with Gasteiger partial charge in [-0.1, -0.05) is 20.8 Å². The Hall–Kier alpha value is -0.450. The number of hydrogen-bond acceptors (Lipinski definition) is 4. The Morgan fingerprint density at radius 1 is 1.33 bits per heavy atom. The Labute approximate surface area is 116 Å². The molecule has 1 aromatic rings. The summed E-state index contributed by atoms with van der Waals surface area (Å²) in [6.07, 6.45) is 2.16. The molecule has 0 bridgehead atoms. The molecule has 1 rings (SSSR count). The third kappa shape index (κ3) is 5.46. The van der Waals surface area contributed by atoms with Crippen LogP contribution in [0.1, 0.15) is 36.3 Å². The van der Waals surface area contributed by atoms with E-state index in [4.69, 9.17) is 4.98 Å². The molecule has 1 aromatic heterocycles. The number of likely N-dealkylation sites (N-methyl/N-ethyl adjacent to an activating group) is 1. The van der Waals surface area contributed by atoms with E-state index in [1.165, 1.54) is 15.6 Å². The molecule has 0 aliphatic heterocycles. The molecule has 0 fully saturated rings. The highest BCUT2D eigenvalue weighted by atomic mass is 32.1. The van der Waals surface area contributed by atoms with Gasteiger partial charge in [0.1, 0.15) is 0 Å². The van der Waals surface area contributed by atoms with E-state index in [1.54, 1.807) is 0 Å². The van der Waals surface area contributed by atoms with Gasteiger partial charge in [0.15, 0.2) is 0 Å². The monoisotopic (exact) mass is 269 g/mol. The molecule has 3 nitrogen and oxygen atoms in total. The van der Waals surface area contributed by atoms with Crippen LogP contribution in [0.25, 0.3) is 0 Å². The van der Waals surface area contributed by atoms with Crippen LogP contribution in [-0.2, 0) is 19.4 Å². The molecule has 0 saturated carbocycles. The number of rotatable bonds is 8. The van der Waals surface area contributed by atoms with Crippen LogP contribution in [0, 0.1) is 5.92 Å². The summed E-state index contributed by atoms with van der Waals surface area (Å²) in [5.41, 5.74) is 1.31. The van der Waals surface area contributed by atoms with Gasteiger partial charge in [-0.2, -0.15) is 0 Å². The van der Waals surface area contributed by atoms with Crippen molar-refractivity contribution in [1.82, 2.24) is 15.2 Å². The molecule has 0 aliphatic carbocycles. The zero-order chi connectivity index (χ0) is 13.5. The number of nitrogens with zero attached hydrogens (tertiary/aromatic N) is 2. The van der Waals surface area contributed by atoms with Gasteiger partial charge in [-0.3, -0.25) is 0 Å². The molecule has 1 N–H and O–H groups in total. The van der Waals surface area contributed by atoms with Gasteiger partial charge in [-0.25, -0.2) is 4.98 Å². The summed E-state index contributed by atoms with van der Waals surface area (Å²) in [4.78, 5) is 8.47. The van der Waals surface area contributed by atoms with Crippen LogP contribution in [0.4, 0.5) is 0 Å². The summed E-state index contributed by atoms with van der Waals surface area (Å²) in [7, 11) is 4.23. The van der Waals surface area contributed by atoms with E-state index in [2.05, 4.69) is 45.1 Å². The lowest BCUT2D eigenvalue weighted by Crippen LogP contribution is -2.14. The maximum absolute atomic E-state index is 4.83. The van der Waals surface area contributed by atoms with Crippen LogP contribution in [0.5, 0.6) is 0 Å². The third-order valence-electron chi connectivity index (χ3n) is 2.73. The molecule has 104 valence electrons. The molecule has 18 heavy (non-hydrogen) atoms. The first-order valence-corrected chi connectivity index (χ1v) is 7.67. The van der Waals surface area contributed by atoms with Crippen molar-refractivity contribution in [2.75, 3.05) is 27.2 Å². The fourth-order valence-electron chi connectivity index (χ4n) is 1.79. The lowest BCUT2D eigenvalue weighted by molar-refractivity contribution is 0.413. The average molecular weight is 269 g/mol. The lowest BCUT2D eigenvalue weighted by Gasteiger charge is -2.06. The minimum Gasteiger partial charge on any atom is -0.312 e. The van der Waals surface area contributed by atoms with Gasteiger partial charge in [-0.15, -0.1) is 11.3 Å². The topological polar surface area (TPSA) is 28.2 Å². The summed E-state index contributed by atoms with van der Waals surface area (Å²) >= 11 is 1.88. The van der Waals surface area contributed by atoms with E-state index < -0.39 is 0 Å². The minimum absolute atomic E-state index is 0.675. The van der Waals surface area contributed by atoms with Gasteiger partial charge in [0.25, 0.3) is 0 Å². The molecule has 4 heteroatoms. The molecular weight excluding hydrogens is 242 g/mol. The van der Waals surface area contributed by atoms with Crippen molar-refractivity contribution in [2.24, 2.45) is 5.92 Å². The molecule has 0 saturated heterocycles. The van der Waals surface area contributed by atoms with Crippen molar-refractivity contribution >= 4 is 11.3 Å². The smallest absolute Gasteiger partial charge is 0.0944 e. The molecule has 0 atom stereocenters. The van der Waals surface area contributed by atoms with Crippen molar-refractivity contribution in [3.8, 4) is 0 Å². The van der Waals surface area contributed by atoms with Crippen LogP contribution in [0.15, 0.2) is 0 Å². The fraction of sp³-hybridized carbons (Fsp3) is 0.786. The zero-order valence-corrected chi connectivity index (χ0v) is 13.2.